The van der Waals surface area contributed by atoms with Gasteiger partial charge in [-0.3, -0.25) is 14.4 Å². The number of benzene rings is 2. The smallest absolute Gasteiger partial charge is 0.347 e. The first-order chi connectivity index (χ1) is 31.1. The van der Waals surface area contributed by atoms with Crippen molar-refractivity contribution in [3.05, 3.63) is 71.3 Å². The molecule has 1 heterocycles. The summed E-state index contributed by atoms with van der Waals surface area (Å²) in [7, 11) is 4.04. The lowest BCUT2D eigenvalue weighted by Crippen LogP contribution is -2.54. The van der Waals surface area contributed by atoms with Crippen LogP contribution in [0.1, 0.15) is 124 Å². The van der Waals surface area contributed by atoms with Gasteiger partial charge >= 0.3 is 23.9 Å². The zero-order chi connectivity index (χ0) is 50.4. The zero-order valence-electron chi connectivity index (χ0n) is 41.8. The van der Waals surface area contributed by atoms with E-state index in [2.05, 4.69) is 0 Å². The maximum Gasteiger partial charge on any atom is 0.347 e. The number of halogens is 1. The van der Waals surface area contributed by atoms with Gasteiger partial charge in [0.25, 0.3) is 11.8 Å². The van der Waals surface area contributed by atoms with Crippen LogP contribution in [0.4, 0.5) is 4.39 Å². The van der Waals surface area contributed by atoms with Gasteiger partial charge in [0.1, 0.15) is 30.4 Å². The van der Waals surface area contributed by atoms with Crippen molar-refractivity contribution in [3.8, 4) is 0 Å². The van der Waals surface area contributed by atoms with Crippen molar-refractivity contribution in [2.75, 3.05) is 34.4 Å². The molecule has 0 radical (unpaired) electrons. The third-order valence-electron chi connectivity index (χ3n) is 11.5. The molecule has 0 aliphatic carbocycles. The van der Waals surface area contributed by atoms with E-state index >= 15 is 4.39 Å². The molecule has 1 fully saturated rings. The van der Waals surface area contributed by atoms with E-state index in [0.29, 0.717) is 25.2 Å². The molecule has 3 rings (SSSR count). The highest BCUT2D eigenvalue weighted by Gasteiger charge is 2.42. The lowest BCUT2D eigenvalue weighted by atomic mass is 9.87. The highest BCUT2D eigenvalue weighted by atomic mass is 19.1. The maximum atomic E-state index is 15.6. The standard InChI is InChI=1S/C51H74FN3O12/c1-33(65-46(60)39(53(11)32-56)28-49(3,4)5)43(57)54(12)41(30-51(9,10)52)48(62)67-42(27-35-19-21-37(22-20-35)38-23-25-63-26-24-38)44(58)55(13)40(29-50(6,7)8)47(61)66-34(2)45(59)64-31-36-17-15-14-16-18-36/h14-22,32-34,38-42H,23-31H2,1-13H3/t33-,34-,39+,40+,41+,42-/m1/s1. The van der Waals surface area contributed by atoms with Crippen LogP contribution in [0.25, 0.3) is 0 Å². The predicted molar refractivity (Wildman–Crippen MR) is 249 cm³/mol. The number of nitrogens with zero attached hydrogens (tertiary/aromatic N) is 3. The van der Waals surface area contributed by atoms with Gasteiger partial charge in [-0.2, -0.15) is 0 Å². The van der Waals surface area contributed by atoms with Crippen LogP contribution < -0.4 is 0 Å². The first kappa shape index (κ1) is 55.9. The molecule has 16 heteroatoms. The number of hydrogen-bond acceptors (Lipinski definition) is 12. The molecule has 1 aliphatic heterocycles. The van der Waals surface area contributed by atoms with Crippen molar-refractivity contribution < 1.29 is 61.6 Å². The minimum atomic E-state index is -2.04. The second-order valence-electron chi connectivity index (χ2n) is 20.7. The number of alkyl halides is 1. The topological polar surface area (TPSA) is 175 Å². The van der Waals surface area contributed by atoms with Gasteiger partial charge in [0.2, 0.25) is 6.41 Å². The van der Waals surface area contributed by atoms with E-state index < -0.39 is 95.0 Å². The van der Waals surface area contributed by atoms with Crippen LogP contribution in [-0.4, -0.2) is 133 Å². The lowest BCUT2D eigenvalue weighted by Gasteiger charge is -2.35. The number of likely N-dealkylation sites (N-methyl/N-ethyl adjacent to an activating group) is 3. The van der Waals surface area contributed by atoms with Crippen LogP contribution in [0, 0.1) is 10.8 Å². The average molecular weight is 940 g/mol. The lowest BCUT2D eigenvalue weighted by molar-refractivity contribution is -0.176. The molecule has 0 N–H and O–H groups in total. The average Bonchev–Trinajstić information content (AvgIpc) is 3.26. The van der Waals surface area contributed by atoms with E-state index in [1.165, 1.54) is 48.8 Å². The van der Waals surface area contributed by atoms with Gasteiger partial charge in [-0.1, -0.05) is 96.1 Å². The first-order valence-corrected chi connectivity index (χ1v) is 23.0. The van der Waals surface area contributed by atoms with Crippen molar-refractivity contribution in [1.82, 2.24) is 14.7 Å². The number of esters is 4. The van der Waals surface area contributed by atoms with Crippen LogP contribution in [0.5, 0.6) is 0 Å². The molecule has 0 aromatic heterocycles. The van der Waals surface area contributed by atoms with Gasteiger partial charge in [0.05, 0.1) is 0 Å². The third kappa shape index (κ3) is 18.3. The minimum absolute atomic E-state index is 0.0448. The van der Waals surface area contributed by atoms with E-state index in [0.717, 1.165) is 38.7 Å². The maximum absolute atomic E-state index is 15.6. The number of rotatable bonds is 22. The molecule has 0 spiro atoms. The quantitative estimate of drug-likeness (QED) is 0.0690. The second-order valence-corrected chi connectivity index (χ2v) is 20.7. The van der Waals surface area contributed by atoms with Gasteiger partial charge in [0.15, 0.2) is 18.3 Å². The van der Waals surface area contributed by atoms with E-state index in [1.807, 2.05) is 71.9 Å². The van der Waals surface area contributed by atoms with Gasteiger partial charge < -0.3 is 38.4 Å². The Kier molecular flexibility index (Phi) is 20.5. The van der Waals surface area contributed by atoms with Crippen LogP contribution in [0.2, 0.25) is 0 Å². The molecule has 67 heavy (non-hydrogen) atoms. The number of carbonyl (C=O) groups is 7. The normalized spacial score (nSPS) is 16.2. The molecule has 2 aromatic carbocycles. The molecule has 1 aliphatic rings. The van der Waals surface area contributed by atoms with Gasteiger partial charge in [-0.25, -0.2) is 23.6 Å². The van der Waals surface area contributed by atoms with Gasteiger partial charge in [0, 0.05) is 47.2 Å². The molecule has 2 aromatic rings. The molecule has 1 saturated heterocycles. The molecule has 0 bridgehead atoms. The van der Waals surface area contributed by atoms with Crippen LogP contribution in [0.15, 0.2) is 54.6 Å². The summed E-state index contributed by atoms with van der Waals surface area (Å²) in [5, 5.41) is 0. The van der Waals surface area contributed by atoms with Crippen molar-refractivity contribution in [1.29, 1.82) is 0 Å². The SMILES string of the molecule is C[C@@H](OC(=O)[C@H](CC(C)(C)C)N(C)C(=O)[C@@H](Cc1ccc(C2CCOCC2)cc1)OC(=O)[C@H](CC(C)(C)F)N(C)C(=O)[C@@H](C)OC(=O)[C@H](CC(C)(C)C)N(C)C=O)C(=O)OCc1ccccc1. The summed E-state index contributed by atoms with van der Waals surface area (Å²) in [4.78, 5) is 98.4. The summed E-state index contributed by atoms with van der Waals surface area (Å²) in [6, 6.07) is 12.6. The fourth-order valence-electron chi connectivity index (χ4n) is 7.68. The molecule has 0 unspecified atom stereocenters. The third-order valence-corrected chi connectivity index (χ3v) is 11.5. The fourth-order valence-corrected chi connectivity index (χ4v) is 7.68. The Morgan fingerprint density at radius 2 is 1.15 bits per heavy atom. The number of amides is 3. The molecule has 15 nitrogen and oxygen atoms in total. The Labute approximate surface area is 396 Å². The summed E-state index contributed by atoms with van der Waals surface area (Å²) in [5.41, 5.74) is -0.575. The van der Waals surface area contributed by atoms with Crippen molar-refractivity contribution in [2.45, 2.75) is 162 Å². The fraction of sp³-hybridized carbons (Fsp3) is 0.627. The van der Waals surface area contributed by atoms with Crippen LogP contribution in [-0.2, 0) is 70.3 Å². The largest absolute Gasteiger partial charge is 0.458 e. The summed E-state index contributed by atoms with van der Waals surface area (Å²) in [6.45, 7) is 17.6. The number of carbonyl (C=O) groups excluding carboxylic acids is 7. The Balaban J connectivity index is 1.97. The van der Waals surface area contributed by atoms with Crippen molar-refractivity contribution in [2.24, 2.45) is 10.8 Å². The van der Waals surface area contributed by atoms with Crippen LogP contribution >= 0.6 is 0 Å². The van der Waals surface area contributed by atoms with E-state index in [-0.39, 0.29) is 31.8 Å². The monoisotopic (exact) mass is 940 g/mol. The Morgan fingerprint density at radius 1 is 0.657 bits per heavy atom. The summed E-state index contributed by atoms with van der Waals surface area (Å²) in [5.74, 6) is -5.04. The summed E-state index contributed by atoms with van der Waals surface area (Å²) < 4.78 is 43.7. The Morgan fingerprint density at radius 3 is 1.69 bits per heavy atom. The van der Waals surface area contributed by atoms with Crippen molar-refractivity contribution >= 4 is 42.1 Å². The molecule has 6 atom stereocenters. The minimum Gasteiger partial charge on any atom is -0.458 e. The van der Waals surface area contributed by atoms with E-state index in [4.69, 9.17) is 23.7 Å². The molecular formula is C51H74FN3O12. The molecule has 372 valence electrons. The molecular weight excluding hydrogens is 866 g/mol. The predicted octanol–water partition coefficient (Wildman–Crippen LogP) is 6.76. The highest BCUT2D eigenvalue weighted by Crippen LogP contribution is 2.30. The Hall–Kier alpha value is -5.38. The van der Waals surface area contributed by atoms with Crippen molar-refractivity contribution in [3.63, 3.8) is 0 Å². The Bertz CT molecular complexity index is 1970. The first-order valence-electron chi connectivity index (χ1n) is 23.0. The van der Waals surface area contributed by atoms with E-state index in [9.17, 15) is 33.6 Å². The molecule has 0 saturated carbocycles. The number of hydrogen-bond donors (Lipinski definition) is 0. The highest BCUT2D eigenvalue weighted by molar-refractivity contribution is 5.92. The van der Waals surface area contributed by atoms with Gasteiger partial charge in [-0.15, -0.1) is 0 Å². The van der Waals surface area contributed by atoms with Crippen LogP contribution in [0.3, 0.4) is 0 Å². The van der Waals surface area contributed by atoms with Gasteiger partial charge in [-0.05, 0) is 86.8 Å². The summed E-state index contributed by atoms with van der Waals surface area (Å²) >= 11 is 0. The number of ether oxygens (including phenoxy) is 5. The zero-order valence-corrected chi connectivity index (χ0v) is 41.8. The summed E-state index contributed by atoms with van der Waals surface area (Å²) in [6.07, 6.45) is -2.66. The second kappa shape index (κ2) is 24.6. The molecule has 3 amide bonds. The van der Waals surface area contributed by atoms with E-state index in [1.54, 1.807) is 24.3 Å².